The van der Waals surface area contributed by atoms with Crippen LogP contribution in [0.4, 0.5) is 0 Å². The third-order valence-corrected chi connectivity index (χ3v) is 9.44. The summed E-state index contributed by atoms with van der Waals surface area (Å²) in [5.41, 5.74) is 0.761. The summed E-state index contributed by atoms with van der Waals surface area (Å²) in [6.07, 6.45) is 3.99. The molecule has 1 atom stereocenters. The van der Waals surface area contributed by atoms with Gasteiger partial charge in [0.05, 0.1) is 15.6 Å². The van der Waals surface area contributed by atoms with E-state index in [0.29, 0.717) is 22.0 Å². The molecule has 1 saturated carbocycles. The Balaban J connectivity index is 1.55. The Labute approximate surface area is 227 Å². The third-order valence-electron chi connectivity index (χ3n) is 6.87. The fourth-order valence-corrected chi connectivity index (χ4v) is 6.80. The Morgan fingerprint density at radius 1 is 1.11 bits per heavy atom. The Hall–Kier alpha value is -2.62. The molecule has 1 fully saturated rings. The van der Waals surface area contributed by atoms with E-state index in [9.17, 15) is 22.8 Å². The van der Waals surface area contributed by atoms with Gasteiger partial charge in [-0.3, -0.25) is 14.4 Å². The summed E-state index contributed by atoms with van der Waals surface area (Å²) in [7, 11) is -4.04. The second-order valence-corrected chi connectivity index (χ2v) is 12.0. The number of sulfonamides is 1. The van der Waals surface area contributed by atoms with Gasteiger partial charge in [0.15, 0.2) is 0 Å². The smallest absolute Gasteiger partial charge is 0.269 e. The molecule has 198 valence electrons. The molecular weight excluding hydrogens is 537 g/mol. The van der Waals surface area contributed by atoms with Crippen LogP contribution in [-0.2, 0) is 26.2 Å². The van der Waals surface area contributed by atoms with E-state index in [-0.39, 0.29) is 41.9 Å². The van der Waals surface area contributed by atoms with Gasteiger partial charge in [0, 0.05) is 25.6 Å². The lowest BCUT2D eigenvalue weighted by Crippen LogP contribution is -2.51. The molecule has 1 aliphatic heterocycles. The van der Waals surface area contributed by atoms with Gasteiger partial charge in [-0.15, -0.1) is 0 Å². The molecule has 0 bridgehead atoms. The number of nitrogens with one attached hydrogen (secondary N) is 1. The van der Waals surface area contributed by atoms with E-state index in [4.69, 9.17) is 23.2 Å². The fourth-order valence-electron chi connectivity index (χ4n) is 4.91. The van der Waals surface area contributed by atoms with Crippen molar-refractivity contribution < 1.29 is 22.8 Å². The molecule has 4 rings (SSSR count). The molecule has 2 aromatic carbocycles. The monoisotopic (exact) mass is 565 g/mol. The van der Waals surface area contributed by atoms with Gasteiger partial charge in [0.25, 0.3) is 15.9 Å². The fraction of sp³-hybridized carbons (Fsp3) is 0.423. The van der Waals surface area contributed by atoms with Gasteiger partial charge in [-0.1, -0.05) is 61.2 Å². The van der Waals surface area contributed by atoms with Crippen molar-refractivity contribution in [2.45, 2.75) is 69.0 Å². The Bertz CT molecular complexity index is 1310. The summed E-state index contributed by atoms with van der Waals surface area (Å²) < 4.78 is 26.6. The number of hydrogen-bond acceptors (Lipinski definition) is 5. The molecule has 0 radical (unpaired) electrons. The van der Waals surface area contributed by atoms with E-state index in [1.54, 1.807) is 30.3 Å². The van der Waals surface area contributed by atoms with Gasteiger partial charge >= 0.3 is 0 Å². The van der Waals surface area contributed by atoms with Gasteiger partial charge in [-0.2, -0.15) is 0 Å². The molecule has 2 aliphatic rings. The lowest BCUT2D eigenvalue weighted by atomic mass is 10.1. The van der Waals surface area contributed by atoms with Crippen LogP contribution in [0.3, 0.4) is 0 Å². The maximum Gasteiger partial charge on any atom is 0.269 e. The molecule has 0 saturated heterocycles. The second-order valence-electron chi connectivity index (χ2n) is 9.31. The lowest BCUT2D eigenvalue weighted by Gasteiger charge is -2.32. The molecule has 37 heavy (non-hydrogen) atoms. The first kappa shape index (κ1) is 27.4. The zero-order valence-corrected chi connectivity index (χ0v) is 22.8. The highest BCUT2D eigenvalue weighted by atomic mass is 35.5. The molecular formula is C26H29Cl2N3O5S. The number of nitrogens with zero attached hydrogens (tertiary/aromatic N) is 2. The minimum Gasteiger partial charge on any atom is -0.352 e. The Kier molecular flexibility index (Phi) is 8.46. The van der Waals surface area contributed by atoms with E-state index < -0.39 is 27.9 Å². The molecule has 2 aromatic rings. The molecule has 1 aliphatic carbocycles. The second kappa shape index (κ2) is 11.4. The first-order chi connectivity index (χ1) is 17.6. The van der Waals surface area contributed by atoms with E-state index in [0.717, 1.165) is 30.0 Å². The largest absolute Gasteiger partial charge is 0.352 e. The molecule has 3 amide bonds. The van der Waals surface area contributed by atoms with Crippen molar-refractivity contribution in [2.75, 3.05) is 6.54 Å². The van der Waals surface area contributed by atoms with Crippen LogP contribution in [0.15, 0.2) is 47.4 Å². The van der Waals surface area contributed by atoms with E-state index in [1.807, 2.05) is 6.92 Å². The van der Waals surface area contributed by atoms with E-state index in [1.165, 1.54) is 17.0 Å². The van der Waals surface area contributed by atoms with Crippen LogP contribution in [-0.4, -0.2) is 54.0 Å². The molecule has 0 aromatic heterocycles. The van der Waals surface area contributed by atoms with Crippen LogP contribution < -0.4 is 5.32 Å². The zero-order valence-electron chi connectivity index (χ0n) is 20.5. The van der Waals surface area contributed by atoms with Crippen LogP contribution in [0.5, 0.6) is 0 Å². The highest BCUT2D eigenvalue weighted by molar-refractivity contribution is 7.90. The predicted octanol–water partition coefficient (Wildman–Crippen LogP) is 4.39. The minimum absolute atomic E-state index is 0.0671. The summed E-state index contributed by atoms with van der Waals surface area (Å²) >= 11 is 12.2. The van der Waals surface area contributed by atoms with Crippen molar-refractivity contribution in [2.24, 2.45) is 0 Å². The topological polar surface area (TPSA) is 104 Å². The van der Waals surface area contributed by atoms with Crippen molar-refractivity contribution in [3.05, 3.63) is 63.6 Å². The number of benzene rings is 2. The maximum atomic E-state index is 13.5. The van der Waals surface area contributed by atoms with Crippen LogP contribution in [0.25, 0.3) is 0 Å². The van der Waals surface area contributed by atoms with E-state index in [2.05, 4.69) is 5.32 Å². The number of carbonyl (C=O) groups excluding carboxylic acids is 3. The van der Waals surface area contributed by atoms with Crippen LogP contribution >= 0.6 is 23.2 Å². The van der Waals surface area contributed by atoms with Crippen LogP contribution in [0, 0.1) is 0 Å². The number of hydrogen-bond donors (Lipinski definition) is 1. The minimum atomic E-state index is -4.04. The summed E-state index contributed by atoms with van der Waals surface area (Å²) in [5.74, 6) is -1.36. The van der Waals surface area contributed by atoms with Gasteiger partial charge in [0.1, 0.15) is 10.9 Å². The van der Waals surface area contributed by atoms with Gasteiger partial charge in [0.2, 0.25) is 11.8 Å². The highest BCUT2D eigenvalue weighted by Crippen LogP contribution is 2.30. The maximum absolute atomic E-state index is 13.5. The number of fused-ring (bicyclic) bond motifs is 1. The van der Waals surface area contributed by atoms with Crippen molar-refractivity contribution in [1.82, 2.24) is 14.5 Å². The Morgan fingerprint density at radius 2 is 1.81 bits per heavy atom. The van der Waals surface area contributed by atoms with Crippen molar-refractivity contribution >= 4 is 50.9 Å². The van der Waals surface area contributed by atoms with Crippen molar-refractivity contribution in [3.8, 4) is 0 Å². The average Bonchev–Trinajstić information content (AvgIpc) is 3.44. The highest BCUT2D eigenvalue weighted by Gasteiger charge is 2.41. The first-order valence-corrected chi connectivity index (χ1v) is 14.5. The summed E-state index contributed by atoms with van der Waals surface area (Å²) in [5, 5.41) is 3.75. The standard InChI is InChI=1S/C26H29Cl2N3O5S/c1-2-22(25(33)29-18-7-3-4-8-18)30(16-17-11-12-20(27)21(28)15-17)24(32)13-14-31-26(34)19-9-5-6-10-23(19)37(31,35)36/h5-6,9-12,15,18,22H,2-4,7-8,13-14,16H2,1H3,(H,29,33). The SMILES string of the molecule is CCC(C(=O)NC1CCCC1)N(Cc1ccc(Cl)c(Cl)c1)C(=O)CCN1C(=O)c2ccccc2S1(=O)=O. The predicted molar refractivity (Wildman–Crippen MR) is 141 cm³/mol. The van der Waals surface area contributed by atoms with Crippen molar-refractivity contribution in [1.29, 1.82) is 0 Å². The number of carbonyl (C=O) groups is 3. The van der Waals surface area contributed by atoms with E-state index >= 15 is 0 Å². The van der Waals surface area contributed by atoms with Gasteiger partial charge in [-0.25, -0.2) is 12.7 Å². The molecule has 0 spiro atoms. The number of halogens is 2. The number of amides is 3. The third kappa shape index (κ3) is 5.78. The van der Waals surface area contributed by atoms with Crippen LogP contribution in [0.2, 0.25) is 10.0 Å². The first-order valence-electron chi connectivity index (χ1n) is 12.3. The molecule has 1 unspecified atom stereocenters. The zero-order chi connectivity index (χ0) is 26.7. The summed E-state index contributed by atoms with van der Waals surface area (Å²) in [4.78, 5) is 40.9. The Morgan fingerprint density at radius 3 is 2.46 bits per heavy atom. The molecule has 8 nitrogen and oxygen atoms in total. The van der Waals surface area contributed by atoms with Gasteiger partial charge in [-0.05, 0) is 49.1 Å². The lowest BCUT2D eigenvalue weighted by molar-refractivity contribution is -0.141. The number of rotatable bonds is 9. The van der Waals surface area contributed by atoms with Crippen molar-refractivity contribution in [3.63, 3.8) is 0 Å². The quantitative estimate of drug-likeness (QED) is 0.485. The molecule has 1 heterocycles. The van der Waals surface area contributed by atoms with Crippen LogP contribution in [0.1, 0.15) is 61.4 Å². The molecule has 1 N–H and O–H groups in total. The van der Waals surface area contributed by atoms with Gasteiger partial charge < -0.3 is 10.2 Å². The normalized spacial score (nSPS) is 17.5. The summed E-state index contributed by atoms with van der Waals surface area (Å²) in [6, 6.07) is 10.3. The average molecular weight is 567 g/mol. The molecule has 11 heteroatoms. The summed E-state index contributed by atoms with van der Waals surface area (Å²) in [6.45, 7) is 1.57.